The number of anilines is 1. The van der Waals surface area contributed by atoms with E-state index < -0.39 is 0 Å². The van der Waals surface area contributed by atoms with E-state index in [-0.39, 0.29) is 18.7 Å². The highest BCUT2D eigenvalue weighted by molar-refractivity contribution is 5.89. The molecule has 0 spiro atoms. The molecule has 0 aromatic heterocycles. The first-order valence-corrected chi connectivity index (χ1v) is 6.75. The Labute approximate surface area is 120 Å². The molecule has 0 amide bonds. The second kappa shape index (κ2) is 6.89. The summed E-state index contributed by atoms with van der Waals surface area (Å²) in [5, 5.41) is 10.3. The highest BCUT2D eigenvalue weighted by Crippen LogP contribution is 2.18. The lowest BCUT2D eigenvalue weighted by Gasteiger charge is -2.27. The van der Waals surface area contributed by atoms with Gasteiger partial charge in [0.25, 0.3) is 0 Å². The minimum Gasteiger partial charge on any atom is -0.351 e. The van der Waals surface area contributed by atoms with Crippen molar-refractivity contribution in [1.82, 2.24) is 10.6 Å². The fourth-order valence-electron chi connectivity index (χ4n) is 2.55. The molecule has 5 heteroatoms. The van der Waals surface area contributed by atoms with Crippen LogP contribution in [-0.4, -0.2) is 32.1 Å². The van der Waals surface area contributed by atoms with E-state index in [1.165, 1.54) is 12.8 Å². The van der Waals surface area contributed by atoms with Gasteiger partial charge in [-0.2, -0.15) is 0 Å². The van der Waals surface area contributed by atoms with Crippen molar-refractivity contribution in [2.45, 2.75) is 19.1 Å². The summed E-state index contributed by atoms with van der Waals surface area (Å²) in [4.78, 5) is 4.49. The van der Waals surface area contributed by atoms with E-state index in [0.29, 0.717) is 0 Å². The summed E-state index contributed by atoms with van der Waals surface area (Å²) in [7, 11) is 0. The molecule has 0 aliphatic carbocycles. The van der Waals surface area contributed by atoms with Gasteiger partial charge in [0.1, 0.15) is 0 Å². The van der Waals surface area contributed by atoms with Crippen LogP contribution in [0.2, 0.25) is 0 Å². The number of benzene rings is 1. The first kappa shape index (κ1) is 14.3. The van der Waals surface area contributed by atoms with Crippen molar-refractivity contribution < 1.29 is 0 Å². The molecule has 1 unspecified atom stereocenters. The standard InChI is InChI=1S/C14H20N4.ClH/c1-2-4-13-12(3-1)10-17-14(18-13)16-9-11-5-7-15-8-6-11;/h1-4,10-11,14-16,18H,5-9H2;1H. The van der Waals surface area contributed by atoms with Crippen LogP contribution in [0.5, 0.6) is 0 Å². The van der Waals surface area contributed by atoms with Crippen LogP contribution < -0.4 is 16.0 Å². The Bertz CT molecular complexity index is 429. The van der Waals surface area contributed by atoms with Crippen molar-refractivity contribution in [2.24, 2.45) is 10.9 Å². The molecular formula is C14H21ClN4. The quantitative estimate of drug-likeness (QED) is 0.792. The van der Waals surface area contributed by atoms with Gasteiger partial charge in [0.05, 0.1) is 0 Å². The van der Waals surface area contributed by atoms with E-state index in [0.717, 1.165) is 36.8 Å². The summed E-state index contributed by atoms with van der Waals surface area (Å²) in [5.74, 6) is 0.778. The third-order valence-corrected chi connectivity index (χ3v) is 3.67. The maximum absolute atomic E-state index is 4.49. The number of aliphatic imine (C=N–C) groups is 1. The zero-order valence-corrected chi connectivity index (χ0v) is 11.7. The second-order valence-electron chi connectivity index (χ2n) is 5.01. The molecule has 0 bridgehead atoms. The Balaban J connectivity index is 0.00000133. The maximum Gasteiger partial charge on any atom is 0.173 e. The number of piperidine rings is 1. The minimum atomic E-state index is 0. The summed E-state index contributed by atoms with van der Waals surface area (Å²) < 4.78 is 0. The van der Waals surface area contributed by atoms with Gasteiger partial charge in [-0.1, -0.05) is 18.2 Å². The first-order valence-electron chi connectivity index (χ1n) is 6.75. The highest BCUT2D eigenvalue weighted by Gasteiger charge is 2.16. The Hall–Kier alpha value is -1.10. The van der Waals surface area contributed by atoms with Gasteiger partial charge in [-0.3, -0.25) is 10.3 Å². The van der Waals surface area contributed by atoms with Crippen LogP contribution in [0.15, 0.2) is 29.3 Å². The number of fused-ring (bicyclic) bond motifs is 1. The average molecular weight is 281 g/mol. The first-order chi connectivity index (χ1) is 8.92. The second-order valence-corrected chi connectivity index (χ2v) is 5.01. The fourth-order valence-corrected chi connectivity index (χ4v) is 2.55. The van der Waals surface area contributed by atoms with Crippen molar-refractivity contribution in [2.75, 3.05) is 25.0 Å². The van der Waals surface area contributed by atoms with Gasteiger partial charge in [0.2, 0.25) is 0 Å². The minimum absolute atomic E-state index is 0. The molecule has 19 heavy (non-hydrogen) atoms. The van der Waals surface area contributed by atoms with Crippen LogP contribution in [-0.2, 0) is 0 Å². The monoisotopic (exact) mass is 280 g/mol. The molecule has 4 nitrogen and oxygen atoms in total. The Morgan fingerprint density at radius 3 is 2.84 bits per heavy atom. The largest absolute Gasteiger partial charge is 0.351 e. The van der Waals surface area contributed by atoms with Gasteiger partial charge < -0.3 is 10.6 Å². The van der Waals surface area contributed by atoms with Gasteiger partial charge >= 0.3 is 0 Å². The predicted molar refractivity (Wildman–Crippen MR) is 82.3 cm³/mol. The van der Waals surface area contributed by atoms with Crippen molar-refractivity contribution >= 4 is 24.3 Å². The number of rotatable bonds is 3. The molecule has 1 atom stereocenters. The molecule has 3 rings (SSSR count). The van der Waals surface area contributed by atoms with E-state index in [9.17, 15) is 0 Å². The van der Waals surface area contributed by atoms with Crippen molar-refractivity contribution in [3.63, 3.8) is 0 Å². The zero-order valence-electron chi connectivity index (χ0n) is 10.9. The smallest absolute Gasteiger partial charge is 0.173 e. The summed E-state index contributed by atoms with van der Waals surface area (Å²) in [6, 6.07) is 8.26. The van der Waals surface area contributed by atoms with E-state index in [2.05, 4.69) is 39.1 Å². The summed E-state index contributed by atoms with van der Waals surface area (Å²) >= 11 is 0. The molecule has 104 valence electrons. The average Bonchev–Trinajstić information content (AvgIpc) is 2.46. The lowest BCUT2D eigenvalue weighted by molar-refractivity contribution is 0.347. The van der Waals surface area contributed by atoms with E-state index >= 15 is 0 Å². The molecule has 1 aromatic rings. The molecule has 1 aromatic carbocycles. The van der Waals surface area contributed by atoms with Crippen LogP contribution in [0.4, 0.5) is 5.69 Å². The molecule has 3 N–H and O–H groups in total. The molecule has 1 fully saturated rings. The number of hydrogen-bond donors (Lipinski definition) is 3. The van der Waals surface area contributed by atoms with Gasteiger partial charge in [-0.15, -0.1) is 12.4 Å². The van der Waals surface area contributed by atoms with Crippen LogP contribution >= 0.6 is 12.4 Å². The molecule has 0 radical (unpaired) electrons. The number of nitrogens with one attached hydrogen (secondary N) is 3. The Kier molecular flexibility index (Phi) is 5.19. The normalized spacial score (nSPS) is 22.2. The Morgan fingerprint density at radius 1 is 1.21 bits per heavy atom. The topological polar surface area (TPSA) is 48.5 Å². The molecule has 2 heterocycles. The number of nitrogens with zero attached hydrogens (tertiary/aromatic N) is 1. The van der Waals surface area contributed by atoms with Crippen LogP contribution in [0.3, 0.4) is 0 Å². The summed E-state index contributed by atoms with van der Waals surface area (Å²) in [6.07, 6.45) is 4.50. The molecular weight excluding hydrogens is 260 g/mol. The highest BCUT2D eigenvalue weighted by atomic mass is 35.5. The number of hydrogen-bond acceptors (Lipinski definition) is 4. The van der Waals surface area contributed by atoms with Crippen molar-refractivity contribution in [3.05, 3.63) is 29.8 Å². The predicted octanol–water partition coefficient (Wildman–Crippen LogP) is 1.83. The van der Waals surface area contributed by atoms with Gasteiger partial charge in [0, 0.05) is 24.0 Å². The van der Waals surface area contributed by atoms with E-state index in [1.54, 1.807) is 0 Å². The van der Waals surface area contributed by atoms with Crippen LogP contribution in [0.25, 0.3) is 0 Å². The molecule has 1 saturated heterocycles. The molecule has 0 saturated carbocycles. The third-order valence-electron chi connectivity index (χ3n) is 3.67. The molecule has 2 aliphatic rings. The zero-order chi connectivity index (χ0) is 12.2. The van der Waals surface area contributed by atoms with E-state index in [4.69, 9.17) is 0 Å². The van der Waals surface area contributed by atoms with Crippen LogP contribution in [0, 0.1) is 5.92 Å². The SMILES string of the molecule is C1=NC(NCC2CCNCC2)Nc2ccccc21.Cl. The number of para-hydroxylation sites is 1. The number of halogens is 1. The van der Waals surface area contributed by atoms with Crippen LogP contribution in [0.1, 0.15) is 18.4 Å². The Morgan fingerprint density at radius 2 is 2.00 bits per heavy atom. The van der Waals surface area contributed by atoms with E-state index in [1.807, 2.05) is 12.3 Å². The third kappa shape index (κ3) is 3.69. The van der Waals surface area contributed by atoms with Crippen molar-refractivity contribution in [3.8, 4) is 0 Å². The fraction of sp³-hybridized carbons (Fsp3) is 0.500. The lowest BCUT2D eigenvalue weighted by Crippen LogP contribution is -2.41. The van der Waals surface area contributed by atoms with Gasteiger partial charge in [-0.05, 0) is 37.9 Å². The molecule has 2 aliphatic heterocycles. The maximum atomic E-state index is 4.49. The van der Waals surface area contributed by atoms with Gasteiger partial charge in [-0.25, -0.2) is 0 Å². The van der Waals surface area contributed by atoms with Crippen molar-refractivity contribution in [1.29, 1.82) is 0 Å². The summed E-state index contributed by atoms with van der Waals surface area (Å²) in [5.41, 5.74) is 2.33. The summed E-state index contributed by atoms with van der Waals surface area (Å²) in [6.45, 7) is 3.34. The lowest BCUT2D eigenvalue weighted by atomic mass is 9.98. The van der Waals surface area contributed by atoms with Gasteiger partial charge in [0.15, 0.2) is 6.29 Å².